The predicted octanol–water partition coefficient (Wildman–Crippen LogP) is 0.431. The van der Waals surface area contributed by atoms with Crippen LogP contribution in [0.25, 0.3) is 0 Å². The van der Waals surface area contributed by atoms with Crippen molar-refractivity contribution in [2.24, 2.45) is 11.8 Å². The molecule has 2 N–H and O–H groups in total. The molecule has 2 amide bonds. The Hall–Kier alpha value is -1.95. The molecular formula is C16H21N3O3. The molecule has 22 heavy (non-hydrogen) atoms. The summed E-state index contributed by atoms with van der Waals surface area (Å²) in [5.74, 6) is 0.0648. The number of aromatic nitrogens is 1. The Morgan fingerprint density at radius 1 is 1.32 bits per heavy atom. The lowest BCUT2D eigenvalue weighted by Gasteiger charge is -2.38. The fourth-order valence-corrected chi connectivity index (χ4v) is 2.86. The van der Waals surface area contributed by atoms with Gasteiger partial charge >= 0.3 is 0 Å². The van der Waals surface area contributed by atoms with Crippen molar-refractivity contribution >= 4 is 11.8 Å². The van der Waals surface area contributed by atoms with Crippen molar-refractivity contribution in [2.75, 3.05) is 19.7 Å². The Morgan fingerprint density at radius 2 is 2.14 bits per heavy atom. The molecule has 0 spiro atoms. The highest BCUT2D eigenvalue weighted by atomic mass is 16.3. The number of nitrogens with one attached hydrogen (secondary N) is 1. The van der Waals surface area contributed by atoms with Gasteiger partial charge in [0.1, 0.15) is 5.69 Å². The largest absolute Gasteiger partial charge is 0.396 e. The van der Waals surface area contributed by atoms with Crippen LogP contribution < -0.4 is 5.32 Å². The number of carbonyl (C=O) groups is 2. The van der Waals surface area contributed by atoms with Crippen LogP contribution in [0.1, 0.15) is 29.8 Å². The summed E-state index contributed by atoms with van der Waals surface area (Å²) < 4.78 is 0. The van der Waals surface area contributed by atoms with Gasteiger partial charge in [-0.2, -0.15) is 0 Å². The Balaban J connectivity index is 1.66. The van der Waals surface area contributed by atoms with Gasteiger partial charge in [-0.1, -0.05) is 6.07 Å². The molecule has 2 heterocycles. The zero-order valence-corrected chi connectivity index (χ0v) is 12.4. The van der Waals surface area contributed by atoms with Crippen molar-refractivity contribution in [2.45, 2.75) is 25.3 Å². The molecule has 2 aliphatic rings. The maximum Gasteiger partial charge on any atom is 0.272 e. The lowest BCUT2D eigenvalue weighted by atomic mass is 9.92. The lowest BCUT2D eigenvalue weighted by Crippen LogP contribution is -2.55. The molecule has 118 valence electrons. The van der Waals surface area contributed by atoms with Gasteiger partial charge in [0.25, 0.3) is 5.91 Å². The van der Waals surface area contributed by atoms with Gasteiger partial charge in [0, 0.05) is 37.7 Å². The second-order valence-corrected chi connectivity index (χ2v) is 6.09. The fourth-order valence-electron chi connectivity index (χ4n) is 2.86. The fraction of sp³-hybridized carbons (Fsp3) is 0.562. The molecule has 1 aromatic heterocycles. The van der Waals surface area contributed by atoms with E-state index < -0.39 is 0 Å². The van der Waals surface area contributed by atoms with E-state index in [2.05, 4.69) is 10.3 Å². The number of nitrogens with zero attached hydrogens (tertiary/aromatic N) is 2. The van der Waals surface area contributed by atoms with Crippen molar-refractivity contribution in [3.8, 4) is 0 Å². The topological polar surface area (TPSA) is 82.5 Å². The van der Waals surface area contributed by atoms with Gasteiger partial charge < -0.3 is 15.3 Å². The molecule has 6 heteroatoms. The third-order valence-corrected chi connectivity index (χ3v) is 4.44. The van der Waals surface area contributed by atoms with Crippen molar-refractivity contribution in [3.05, 3.63) is 30.1 Å². The van der Waals surface area contributed by atoms with E-state index in [0.29, 0.717) is 25.2 Å². The van der Waals surface area contributed by atoms with E-state index in [4.69, 9.17) is 0 Å². The molecule has 1 saturated carbocycles. The van der Waals surface area contributed by atoms with Crippen LogP contribution in [0, 0.1) is 11.8 Å². The minimum atomic E-state index is -0.181. The molecule has 1 saturated heterocycles. The van der Waals surface area contributed by atoms with Crippen molar-refractivity contribution in [1.29, 1.82) is 0 Å². The van der Waals surface area contributed by atoms with E-state index in [9.17, 15) is 14.7 Å². The average Bonchev–Trinajstić information content (AvgIpc) is 3.40. The van der Waals surface area contributed by atoms with Gasteiger partial charge in [-0.3, -0.25) is 14.6 Å². The monoisotopic (exact) mass is 303 g/mol. The second-order valence-electron chi connectivity index (χ2n) is 6.09. The maximum absolute atomic E-state index is 12.5. The van der Waals surface area contributed by atoms with Crippen LogP contribution in [0.5, 0.6) is 0 Å². The van der Waals surface area contributed by atoms with Gasteiger partial charge in [0.15, 0.2) is 0 Å². The highest BCUT2D eigenvalue weighted by Gasteiger charge is 2.36. The first-order valence-electron chi connectivity index (χ1n) is 7.80. The van der Waals surface area contributed by atoms with Crippen LogP contribution in [0.4, 0.5) is 0 Å². The molecule has 3 rings (SSSR count). The van der Waals surface area contributed by atoms with Gasteiger partial charge in [0.2, 0.25) is 5.91 Å². The summed E-state index contributed by atoms with van der Waals surface area (Å²) >= 11 is 0. The zero-order valence-electron chi connectivity index (χ0n) is 12.4. The van der Waals surface area contributed by atoms with E-state index >= 15 is 0 Å². The molecule has 0 unspecified atom stereocenters. The molecule has 0 radical (unpaired) electrons. The number of hydrogen-bond donors (Lipinski definition) is 2. The number of aliphatic hydroxyl groups is 1. The maximum atomic E-state index is 12.5. The van der Waals surface area contributed by atoms with E-state index in [-0.39, 0.29) is 36.3 Å². The van der Waals surface area contributed by atoms with Crippen LogP contribution in [0.2, 0.25) is 0 Å². The summed E-state index contributed by atoms with van der Waals surface area (Å²) in [6, 6.07) is 5.07. The summed E-state index contributed by atoms with van der Waals surface area (Å²) in [5, 5.41) is 12.5. The Labute approximate surface area is 129 Å². The highest BCUT2D eigenvalue weighted by molar-refractivity contribution is 5.92. The third kappa shape index (κ3) is 3.27. The number of rotatable bonds is 4. The highest BCUT2D eigenvalue weighted by Crippen LogP contribution is 2.29. The number of carbonyl (C=O) groups excluding carboxylic acids is 2. The Bertz CT molecular complexity index is 545. The molecule has 2 fully saturated rings. The number of hydrogen-bond acceptors (Lipinski definition) is 4. The van der Waals surface area contributed by atoms with Crippen LogP contribution >= 0.6 is 0 Å². The van der Waals surface area contributed by atoms with Crippen molar-refractivity contribution in [3.63, 3.8) is 0 Å². The van der Waals surface area contributed by atoms with Crippen molar-refractivity contribution in [1.82, 2.24) is 15.2 Å². The van der Waals surface area contributed by atoms with Crippen molar-refractivity contribution < 1.29 is 14.7 Å². The minimum absolute atomic E-state index is 0.00971. The number of likely N-dealkylation sites (tertiary alicyclic amines) is 1. The third-order valence-electron chi connectivity index (χ3n) is 4.44. The molecule has 2 atom stereocenters. The Morgan fingerprint density at radius 3 is 2.77 bits per heavy atom. The van der Waals surface area contributed by atoms with E-state index in [1.54, 1.807) is 29.3 Å². The summed E-state index contributed by atoms with van der Waals surface area (Å²) in [6.07, 6.45) is 4.17. The number of aliphatic hydroxyl groups excluding tert-OH is 1. The molecule has 0 bridgehead atoms. The SMILES string of the molecule is O=C(N[C@@H]1CN(C(=O)c2ccccn2)CC[C@@H]1CO)C1CC1. The van der Waals surface area contributed by atoms with E-state index in [0.717, 1.165) is 12.8 Å². The number of piperidine rings is 1. The molecule has 0 aromatic carbocycles. The smallest absolute Gasteiger partial charge is 0.272 e. The van der Waals surface area contributed by atoms with E-state index in [1.807, 2.05) is 0 Å². The first kappa shape index (κ1) is 15.0. The first-order chi connectivity index (χ1) is 10.7. The van der Waals surface area contributed by atoms with Gasteiger partial charge in [-0.25, -0.2) is 0 Å². The standard InChI is InChI=1S/C16H21N3O3/c20-10-12-6-8-19(16(22)13-3-1-2-7-17-13)9-14(12)18-15(21)11-4-5-11/h1-3,7,11-12,14,20H,4-6,8-10H2,(H,18,21)/t12-,14-/m1/s1. The molecule has 1 aliphatic heterocycles. The van der Waals surface area contributed by atoms with Crippen LogP contribution in [-0.4, -0.2) is 52.5 Å². The zero-order chi connectivity index (χ0) is 15.5. The van der Waals surface area contributed by atoms with Gasteiger partial charge in [-0.15, -0.1) is 0 Å². The minimum Gasteiger partial charge on any atom is -0.396 e. The molecule has 6 nitrogen and oxygen atoms in total. The summed E-state index contributed by atoms with van der Waals surface area (Å²) in [7, 11) is 0. The summed E-state index contributed by atoms with van der Waals surface area (Å²) in [6.45, 7) is 1.04. The van der Waals surface area contributed by atoms with Gasteiger partial charge in [0.05, 0.1) is 6.04 Å². The van der Waals surface area contributed by atoms with Crippen LogP contribution in [0.15, 0.2) is 24.4 Å². The van der Waals surface area contributed by atoms with Gasteiger partial charge in [-0.05, 0) is 31.4 Å². The Kier molecular flexibility index (Phi) is 4.38. The number of amides is 2. The molecule has 1 aromatic rings. The molecule has 1 aliphatic carbocycles. The van der Waals surface area contributed by atoms with Crippen LogP contribution in [-0.2, 0) is 4.79 Å². The summed E-state index contributed by atoms with van der Waals surface area (Å²) in [4.78, 5) is 30.2. The average molecular weight is 303 g/mol. The second kappa shape index (κ2) is 6.44. The quantitative estimate of drug-likeness (QED) is 0.845. The van der Waals surface area contributed by atoms with E-state index in [1.165, 1.54) is 0 Å². The lowest BCUT2D eigenvalue weighted by molar-refractivity contribution is -0.123. The molecular weight excluding hydrogens is 282 g/mol. The van der Waals surface area contributed by atoms with Crippen LogP contribution in [0.3, 0.4) is 0 Å². The normalized spacial score (nSPS) is 24.9. The predicted molar refractivity (Wildman–Crippen MR) is 80.0 cm³/mol. The first-order valence-corrected chi connectivity index (χ1v) is 7.80. The number of pyridine rings is 1. The summed E-state index contributed by atoms with van der Waals surface area (Å²) in [5.41, 5.74) is 0.414.